The number of alkyl halides is 3. The van der Waals surface area contributed by atoms with Gasteiger partial charge in [0.1, 0.15) is 0 Å². The number of rotatable bonds is 5. The van der Waals surface area contributed by atoms with Crippen molar-refractivity contribution in [1.82, 2.24) is 0 Å². The molecule has 4 nitrogen and oxygen atoms in total. The van der Waals surface area contributed by atoms with Crippen molar-refractivity contribution in [2.24, 2.45) is 0 Å². The van der Waals surface area contributed by atoms with Crippen molar-refractivity contribution in [1.29, 1.82) is 0 Å². The van der Waals surface area contributed by atoms with Crippen LogP contribution in [0.2, 0.25) is 0 Å². The molecule has 152 valence electrons. The maximum absolute atomic E-state index is 12.9. The van der Waals surface area contributed by atoms with Crippen molar-refractivity contribution in [3.63, 3.8) is 0 Å². The summed E-state index contributed by atoms with van der Waals surface area (Å²) in [5.74, 6) is -0.514. The van der Waals surface area contributed by atoms with Gasteiger partial charge in [-0.1, -0.05) is 24.3 Å². The molecule has 0 spiro atoms. The molecule has 0 bridgehead atoms. The van der Waals surface area contributed by atoms with Gasteiger partial charge in [-0.05, 0) is 57.8 Å². The number of esters is 1. The Bertz CT molecular complexity index is 749. The molecule has 1 aliphatic rings. The highest BCUT2D eigenvalue weighted by atomic mass is 19.4. The standard InChI is InChI=1S/C20H24BF3O4/c1-6-26-17(25)9-7-8-16(21-27-18(2,3)19(4,5)28-21)14-10-12-15(13-11-14)20(22,23)24/h7-13H,6H2,1-5H3. The van der Waals surface area contributed by atoms with Crippen LogP contribution in [0.5, 0.6) is 0 Å². The van der Waals surface area contributed by atoms with E-state index in [1.54, 1.807) is 13.0 Å². The predicted octanol–water partition coefficient (Wildman–Crippen LogP) is 4.84. The third-order valence-corrected chi connectivity index (χ3v) is 4.85. The van der Waals surface area contributed by atoms with Crippen molar-refractivity contribution in [3.05, 3.63) is 53.6 Å². The topological polar surface area (TPSA) is 44.8 Å². The summed E-state index contributed by atoms with van der Waals surface area (Å²) in [6.45, 7) is 9.46. The van der Waals surface area contributed by atoms with Crippen LogP contribution in [0, 0.1) is 0 Å². The molecule has 1 aliphatic heterocycles. The Labute approximate surface area is 163 Å². The number of hydrogen-bond donors (Lipinski definition) is 0. The number of allylic oxidation sites excluding steroid dienone is 2. The SMILES string of the molecule is CCOC(=O)C=CC=C(B1OC(C)(C)C(C)(C)O1)c1ccc(C(F)(F)F)cc1. The average molecular weight is 396 g/mol. The number of carbonyl (C=O) groups is 1. The van der Waals surface area contributed by atoms with Crippen molar-refractivity contribution in [3.8, 4) is 0 Å². The molecule has 1 saturated heterocycles. The van der Waals surface area contributed by atoms with E-state index in [9.17, 15) is 18.0 Å². The number of halogens is 3. The minimum atomic E-state index is -4.42. The summed E-state index contributed by atoms with van der Waals surface area (Å²) in [5, 5.41) is 0. The second-order valence-electron chi connectivity index (χ2n) is 7.40. The first-order chi connectivity index (χ1) is 12.9. The number of benzene rings is 1. The molecular formula is C20H24BF3O4. The van der Waals surface area contributed by atoms with Gasteiger partial charge in [0.25, 0.3) is 0 Å². The van der Waals surface area contributed by atoms with Gasteiger partial charge in [0.05, 0.1) is 23.4 Å². The van der Waals surface area contributed by atoms with Gasteiger partial charge in [-0.15, -0.1) is 0 Å². The van der Waals surface area contributed by atoms with E-state index >= 15 is 0 Å². The van der Waals surface area contributed by atoms with Crippen molar-refractivity contribution >= 4 is 18.6 Å². The van der Waals surface area contributed by atoms with E-state index in [-0.39, 0.29) is 6.61 Å². The van der Waals surface area contributed by atoms with Crippen LogP contribution >= 0.6 is 0 Å². The zero-order valence-corrected chi connectivity index (χ0v) is 16.6. The van der Waals surface area contributed by atoms with Gasteiger partial charge < -0.3 is 14.0 Å². The Morgan fingerprint density at radius 3 is 2.11 bits per heavy atom. The fourth-order valence-corrected chi connectivity index (χ4v) is 2.55. The molecule has 28 heavy (non-hydrogen) atoms. The molecule has 0 aliphatic carbocycles. The maximum atomic E-state index is 12.9. The molecule has 1 heterocycles. The van der Waals surface area contributed by atoms with E-state index in [2.05, 4.69) is 0 Å². The van der Waals surface area contributed by atoms with Crippen LogP contribution < -0.4 is 0 Å². The minimum Gasteiger partial charge on any atom is -0.463 e. The lowest BCUT2D eigenvalue weighted by atomic mass is 9.73. The molecule has 0 unspecified atom stereocenters. The second kappa shape index (κ2) is 8.13. The Hall–Kier alpha value is -2.06. The number of hydrogen-bond acceptors (Lipinski definition) is 4. The summed E-state index contributed by atoms with van der Waals surface area (Å²) in [4.78, 5) is 11.5. The fraction of sp³-hybridized carbons (Fsp3) is 0.450. The van der Waals surface area contributed by atoms with Gasteiger partial charge in [-0.2, -0.15) is 13.2 Å². The summed E-state index contributed by atoms with van der Waals surface area (Å²) in [7, 11) is -0.798. The number of ether oxygens (including phenoxy) is 1. The van der Waals surface area contributed by atoms with E-state index < -0.39 is 36.0 Å². The molecule has 0 saturated carbocycles. The smallest absolute Gasteiger partial charge is 0.463 e. The zero-order valence-electron chi connectivity index (χ0n) is 16.6. The number of carbonyl (C=O) groups excluding carboxylic acids is 1. The molecule has 0 N–H and O–H groups in total. The van der Waals surface area contributed by atoms with Gasteiger partial charge in [0.15, 0.2) is 0 Å². The summed E-state index contributed by atoms with van der Waals surface area (Å²) < 4.78 is 55.5. The lowest BCUT2D eigenvalue weighted by Crippen LogP contribution is -2.41. The van der Waals surface area contributed by atoms with Crippen LogP contribution in [0.3, 0.4) is 0 Å². The van der Waals surface area contributed by atoms with E-state index in [0.29, 0.717) is 11.0 Å². The van der Waals surface area contributed by atoms with Crippen molar-refractivity contribution in [2.45, 2.75) is 52.0 Å². The molecular weight excluding hydrogens is 372 g/mol. The first-order valence-electron chi connectivity index (χ1n) is 8.95. The van der Waals surface area contributed by atoms with Gasteiger partial charge in [0.2, 0.25) is 0 Å². The summed E-state index contributed by atoms with van der Waals surface area (Å²) >= 11 is 0. The average Bonchev–Trinajstić information content (AvgIpc) is 2.79. The molecule has 8 heteroatoms. The molecule has 0 aromatic heterocycles. The van der Waals surface area contributed by atoms with Crippen LogP contribution in [0.1, 0.15) is 45.7 Å². The Morgan fingerprint density at radius 2 is 1.64 bits per heavy atom. The zero-order chi connectivity index (χ0) is 21.2. The van der Waals surface area contributed by atoms with Crippen LogP contribution in [-0.4, -0.2) is 30.9 Å². The van der Waals surface area contributed by atoms with Crippen LogP contribution in [0.15, 0.2) is 42.5 Å². The lowest BCUT2D eigenvalue weighted by Gasteiger charge is -2.32. The molecule has 1 aromatic rings. The van der Waals surface area contributed by atoms with Gasteiger partial charge in [-0.3, -0.25) is 0 Å². The Kier molecular flexibility index (Phi) is 6.46. The van der Waals surface area contributed by atoms with E-state index in [1.165, 1.54) is 24.3 Å². The first kappa shape index (κ1) is 22.2. The third kappa shape index (κ3) is 5.05. The van der Waals surface area contributed by atoms with Gasteiger partial charge in [-0.25, -0.2) is 4.79 Å². The maximum Gasteiger partial charge on any atom is 0.495 e. The summed E-state index contributed by atoms with van der Waals surface area (Å²) in [6, 6.07) is 4.72. The van der Waals surface area contributed by atoms with Crippen LogP contribution in [0.4, 0.5) is 13.2 Å². The lowest BCUT2D eigenvalue weighted by molar-refractivity contribution is -0.138. The van der Waals surface area contributed by atoms with Gasteiger partial charge in [0, 0.05) is 6.08 Å². The van der Waals surface area contributed by atoms with Gasteiger partial charge >= 0.3 is 19.3 Å². The Balaban J connectivity index is 2.38. The Morgan fingerprint density at radius 1 is 1.11 bits per heavy atom. The molecule has 0 amide bonds. The van der Waals surface area contributed by atoms with E-state index in [0.717, 1.165) is 12.1 Å². The monoisotopic (exact) mass is 396 g/mol. The van der Waals surface area contributed by atoms with Crippen molar-refractivity contribution in [2.75, 3.05) is 6.61 Å². The van der Waals surface area contributed by atoms with Crippen LogP contribution in [0.25, 0.3) is 5.47 Å². The molecule has 0 atom stereocenters. The van der Waals surface area contributed by atoms with Crippen LogP contribution in [-0.2, 0) is 25.0 Å². The first-order valence-corrected chi connectivity index (χ1v) is 8.95. The molecule has 1 aromatic carbocycles. The van der Waals surface area contributed by atoms with E-state index in [1.807, 2.05) is 27.7 Å². The van der Waals surface area contributed by atoms with Crippen molar-refractivity contribution < 1.29 is 32.0 Å². The second-order valence-corrected chi connectivity index (χ2v) is 7.40. The molecule has 2 rings (SSSR count). The highest BCUT2D eigenvalue weighted by molar-refractivity contribution is 6.69. The highest BCUT2D eigenvalue weighted by Gasteiger charge is 2.52. The predicted molar refractivity (Wildman–Crippen MR) is 101 cm³/mol. The quantitative estimate of drug-likeness (QED) is 0.309. The molecule has 0 radical (unpaired) electrons. The normalized spacial score (nSPS) is 19.3. The summed E-state index contributed by atoms with van der Waals surface area (Å²) in [5.41, 5.74) is -0.972. The largest absolute Gasteiger partial charge is 0.495 e. The summed E-state index contributed by atoms with van der Waals surface area (Å²) in [6.07, 6.45) is -0.132. The van der Waals surface area contributed by atoms with E-state index in [4.69, 9.17) is 14.0 Å². The fourth-order valence-electron chi connectivity index (χ4n) is 2.55. The minimum absolute atomic E-state index is 0.246. The third-order valence-electron chi connectivity index (χ3n) is 4.85. The highest BCUT2D eigenvalue weighted by Crippen LogP contribution is 2.41. The molecule has 1 fully saturated rings.